The number of anilines is 1. The van der Waals surface area contributed by atoms with E-state index in [-0.39, 0.29) is 12.1 Å². The fourth-order valence-electron chi connectivity index (χ4n) is 3.79. The first kappa shape index (κ1) is 19.0. The summed E-state index contributed by atoms with van der Waals surface area (Å²) in [4.78, 5) is 9.08. The number of aromatic nitrogens is 4. The maximum atomic E-state index is 10.2. The quantitative estimate of drug-likeness (QED) is 0.490. The van der Waals surface area contributed by atoms with Gasteiger partial charge in [0, 0.05) is 37.1 Å². The number of aliphatic hydroxyl groups excluding tert-OH is 1. The molecule has 0 saturated heterocycles. The third-order valence-corrected chi connectivity index (χ3v) is 6.32. The Morgan fingerprint density at radius 2 is 2.03 bits per heavy atom. The zero-order chi connectivity index (χ0) is 20.5. The van der Waals surface area contributed by atoms with Crippen LogP contribution in [0.2, 0.25) is 0 Å². The molecule has 0 bridgehead atoms. The Kier molecular flexibility index (Phi) is 5.10. The normalized spacial score (nSPS) is 19.1. The summed E-state index contributed by atoms with van der Waals surface area (Å²) in [7, 11) is 1.88. The van der Waals surface area contributed by atoms with Crippen molar-refractivity contribution in [1.29, 1.82) is 0 Å². The van der Waals surface area contributed by atoms with Crippen LogP contribution < -0.4 is 10.1 Å². The molecule has 3 heterocycles. The summed E-state index contributed by atoms with van der Waals surface area (Å²) in [6.45, 7) is 0. The fraction of sp³-hybridized carbons (Fsp3) is 0.318. The number of pyridine rings is 1. The van der Waals surface area contributed by atoms with Gasteiger partial charge in [0.1, 0.15) is 11.5 Å². The van der Waals surface area contributed by atoms with Crippen LogP contribution in [0, 0.1) is 0 Å². The van der Waals surface area contributed by atoms with Gasteiger partial charge in [0.2, 0.25) is 0 Å². The molecule has 1 aliphatic rings. The van der Waals surface area contributed by atoms with Gasteiger partial charge >= 0.3 is 0 Å². The second kappa shape index (κ2) is 8.04. The fourth-order valence-corrected chi connectivity index (χ4v) is 4.75. The number of ether oxygens (including phenoxy) is 1. The minimum atomic E-state index is -0.301. The highest BCUT2D eigenvalue weighted by Crippen LogP contribution is 2.33. The number of rotatable bonds is 5. The minimum Gasteiger partial charge on any atom is -0.457 e. The largest absolute Gasteiger partial charge is 0.457 e. The van der Waals surface area contributed by atoms with Crippen molar-refractivity contribution >= 4 is 26.7 Å². The molecule has 2 N–H and O–H groups in total. The maximum absolute atomic E-state index is 10.2. The van der Waals surface area contributed by atoms with Crippen LogP contribution in [0.25, 0.3) is 21.5 Å². The first-order chi connectivity index (χ1) is 14.6. The Morgan fingerprint density at radius 3 is 2.87 bits per heavy atom. The lowest BCUT2D eigenvalue weighted by atomic mass is 9.93. The van der Waals surface area contributed by atoms with E-state index in [0.717, 1.165) is 63.8 Å². The van der Waals surface area contributed by atoms with E-state index >= 15 is 0 Å². The smallest absolute Gasteiger partial charge is 0.184 e. The number of aryl methyl sites for hydroxylation is 1. The first-order valence-corrected chi connectivity index (χ1v) is 10.9. The average Bonchev–Trinajstić information content (AvgIpc) is 3.35. The van der Waals surface area contributed by atoms with Gasteiger partial charge in [-0.3, -0.25) is 9.67 Å². The molecule has 2 atom stereocenters. The number of aliphatic hydroxyl groups is 1. The zero-order valence-electron chi connectivity index (χ0n) is 16.7. The number of benzene rings is 1. The molecular formula is C22H23N5O2S. The Labute approximate surface area is 178 Å². The summed E-state index contributed by atoms with van der Waals surface area (Å²) in [6.07, 6.45) is 9.22. The summed E-state index contributed by atoms with van der Waals surface area (Å²) in [5, 5.41) is 18.7. The zero-order valence-corrected chi connectivity index (χ0v) is 17.5. The highest BCUT2D eigenvalue weighted by Gasteiger charge is 2.23. The second-order valence-corrected chi connectivity index (χ2v) is 8.66. The van der Waals surface area contributed by atoms with Crippen LogP contribution in [0.1, 0.15) is 25.7 Å². The molecule has 4 aromatic rings. The van der Waals surface area contributed by atoms with Crippen molar-refractivity contribution in [1.82, 2.24) is 19.7 Å². The summed E-state index contributed by atoms with van der Waals surface area (Å²) in [5.41, 5.74) is 2.68. The molecule has 8 heteroatoms. The number of fused-ring (bicyclic) bond motifs is 1. The van der Waals surface area contributed by atoms with E-state index in [1.165, 1.54) is 0 Å². The second-order valence-electron chi connectivity index (χ2n) is 7.63. The summed E-state index contributed by atoms with van der Waals surface area (Å²) in [6, 6.07) is 9.72. The average molecular weight is 422 g/mol. The molecule has 1 aliphatic carbocycles. The summed E-state index contributed by atoms with van der Waals surface area (Å²) in [5.74, 6) is 1.47. The van der Waals surface area contributed by atoms with Crippen LogP contribution in [-0.2, 0) is 7.05 Å². The molecule has 0 aliphatic heterocycles. The van der Waals surface area contributed by atoms with Gasteiger partial charge in [0.25, 0.3) is 0 Å². The van der Waals surface area contributed by atoms with Gasteiger partial charge in [-0.2, -0.15) is 5.10 Å². The molecule has 3 aromatic heterocycles. The van der Waals surface area contributed by atoms with Gasteiger partial charge in [0.15, 0.2) is 5.13 Å². The van der Waals surface area contributed by atoms with Crippen molar-refractivity contribution in [2.24, 2.45) is 7.05 Å². The van der Waals surface area contributed by atoms with Gasteiger partial charge in [-0.1, -0.05) is 24.2 Å². The van der Waals surface area contributed by atoms with E-state index < -0.39 is 0 Å². The van der Waals surface area contributed by atoms with Gasteiger partial charge in [-0.15, -0.1) is 0 Å². The number of hydrogen-bond donors (Lipinski definition) is 2. The Bertz CT molecular complexity index is 1170. The van der Waals surface area contributed by atoms with E-state index in [1.807, 2.05) is 43.6 Å². The monoisotopic (exact) mass is 421 g/mol. The summed E-state index contributed by atoms with van der Waals surface area (Å²) < 4.78 is 8.88. The van der Waals surface area contributed by atoms with E-state index in [1.54, 1.807) is 28.4 Å². The number of nitrogens with zero attached hydrogens (tertiary/aromatic N) is 4. The van der Waals surface area contributed by atoms with Crippen LogP contribution in [0.5, 0.6) is 11.5 Å². The molecule has 5 rings (SSSR count). The molecule has 0 spiro atoms. The van der Waals surface area contributed by atoms with Crippen molar-refractivity contribution in [3.63, 3.8) is 0 Å². The van der Waals surface area contributed by atoms with E-state index in [0.29, 0.717) is 0 Å². The van der Waals surface area contributed by atoms with Gasteiger partial charge in [0.05, 0.1) is 34.3 Å². The molecule has 0 radical (unpaired) electrons. The van der Waals surface area contributed by atoms with Crippen LogP contribution in [-0.4, -0.2) is 37.0 Å². The standard InChI is InChI=1S/C22H23N5O2S/c1-27-13-14(12-24-27)19-10-16(8-9-23-19)29-15-6-7-18-21(11-15)30-22(26-18)25-17-4-2-3-5-20(17)28/h6-13,17,20,28H,2-5H2,1H3,(H,25,26). The van der Waals surface area contributed by atoms with Crippen molar-refractivity contribution in [2.45, 2.75) is 37.8 Å². The van der Waals surface area contributed by atoms with Crippen LogP contribution >= 0.6 is 11.3 Å². The number of nitrogens with one attached hydrogen (secondary N) is 1. The lowest BCUT2D eigenvalue weighted by Gasteiger charge is -2.27. The third-order valence-electron chi connectivity index (χ3n) is 5.37. The molecule has 2 unspecified atom stereocenters. The molecule has 1 saturated carbocycles. The van der Waals surface area contributed by atoms with Gasteiger partial charge in [-0.05, 0) is 31.0 Å². The van der Waals surface area contributed by atoms with Gasteiger partial charge in [-0.25, -0.2) is 4.98 Å². The van der Waals surface area contributed by atoms with E-state index in [9.17, 15) is 5.11 Å². The molecule has 1 aromatic carbocycles. The highest BCUT2D eigenvalue weighted by atomic mass is 32.1. The molecule has 154 valence electrons. The molecule has 7 nitrogen and oxygen atoms in total. The van der Waals surface area contributed by atoms with E-state index in [2.05, 4.69) is 20.4 Å². The van der Waals surface area contributed by atoms with Crippen LogP contribution in [0.4, 0.5) is 5.13 Å². The minimum absolute atomic E-state index is 0.0812. The lowest BCUT2D eigenvalue weighted by molar-refractivity contribution is 0.116. The van der Waals surface area contributed by atoms with Crippen LogP contribution in [0.15, 0.2) is 48.9 Å². The van der Waals surface area contributed by atoms with E-state index in [4.69, 9.17) is 4.74 Å². The Hall–Kier alpha value is -2.97. The molecular weight excluding hydrogens is 398 g/mol. The van der Waals surface area contributed by atoms with Gasteiger partial charge < -0.3 is 15.2 Å². The predicted octanol–water partition coefficient (Wildman–Crippen LogP) is 4.60. The molecule has 1 fully saturated rings. The molecule has 0 amide bonds. The lowest BCUT2D eigenvalue weighted by Crippen LogP contribution is -2.36. The van der Waals surface area contributed by atoms with Crippen LogP contribution in [0.3, 0.4) is 0 Å². The van der Waals surface area contributed by atoms with Crippen molar-refractivity contribution in [2.75, 3.05) is 5.32 Å². The summed E-state index contributed by atoms with van der Waals surface area (Å²) >= 11 is 1.58. The number of hydrogen-bond acceptors (Lipinski definition) is 7. The number of thiazole rings is 1. The Morgan fingerprint density at radius 1 is 1.17 bits per heavy atom. The van der Waals surface area contributed by atoms with Crippen molar-refractivity contribution < 1.29 is 9.84 Å². The predicted molar refractivity (Wildman–Crippen MR) is 118 cm³/mol. The SMILES string of the molecule is Cn1cc(-c2cc(Oc3ccc4nc(NC5CCCCC5O)sc4c3)ccn2)cn1. The first-order valence-electron chi connectivity index (χ1n) is 10.1. The molecule has 30 heavy (non-hydrogen) atoms. The third kappa shape index (κ3) is 4.01. The van der Waals surface area contributed by atoms with Crippen molar-refractivity contribution in [3.8, 4) is 22.8 Å². The van der Waals surface area contributed by atoms with Crippen molar-refractivity contribution in [3.05, 3.63) is 48.9 Å². The topological polar surface area (TPSA) is 85.1 Å². The highest BCUT2D eigenvalue weighted by molar-refractivity contribution is 7.22. The Balaban J connectivity index is 1.34. The maximum Gasteiger partial charge on any atom is 0.184 e.